The van der Waals surface area contributed by atoms with Crippen LogP contribution in [-0.2, 0) is 6.61 Å². The number of hydrogen-bond donors (Lipinski definition) is 1. The minimum atomic E-state index is 0.351. The highest BCUT2D eigenvalue weighted by Gasteiger charge is 2.05. The molecule has 0 unspecified atom stereocenters. The largest absolute Gasteiger partial charge is 0.487 e. The van der Waals surface area contributed by atoms with Gasteiger partial charge in [-0.05, 0) is 30.7 Å². The lowest BCUT2D eigenvalue weighted by Gasteiger charge is -2.06. The predicted molar refractivity (Wildman–Crippen MR) is 67.5 cm³/mol. The van der Waals surface area contributed by atoms with Gasteiger partial charge < -0.3 is 10.5 Å². The van der Waals surface area contributed by atoms with E-state index in [1.54, 1.807) is 0 Å². The summed E-state index contributed by atoms with van der Waals surface area (Å²) in [7, 11) is 0. The maximum Gasteiger partial charge on any atom is 0.136 e. The zero-order valence-electron chi connectivity index (χ0n) is 8.61. The first kappa shape index (κ1) is 11.3. The number of aryl methyl sites for hydroxylation is 1. The minimum Gasteiger partial charge on any atom is -0.487 e. The molecule has 0 aliphatic heterocycles. The van der Waals surface area contributed by atoms with Crippen molar-refractivity contribution in [3.8, 4) is 5.75 Å². The van der Waals surface area contributed by atoms with E-state index in [4.69, 9.17) is 10.5 Å². The van der Waals surface area contributed by atoms with E-state index in [2.05, 4.69) is 25.5 Å². The van der Waals surface area contributed by atoms with Crippen molar-refractivity contribution < 1.29 is 4.74 Å². The van der Waals surface area contributed by atoms with Crippen molar-refractivity contribution >= 4 is 32.5 Å². The fraction of sp³-hybridized carbons (Fsp3) is 0.200. The van der Waals surface area contributed by atoms with Crippen molar-refractivity contribution in [1.29, 1.82) is 0 Å². The third-order valence-corrected chi connectivity index (χ3v) is 3.58. The molecule has 1 heterocycles. The fourth-order valence-electron chi connectivity index (χ4n) is 1.17. The Bertz CT molecular complexity index is 501. The van der Waals surface area contributed by atoms with Crippen LogP contribution in [0.3, 0.4) is 0 Å². The Kier molecular flexibility index (Phi) is 3.40. The van der Waals surface area contributed by atoms with E-state index in [1.807, 2.05) is 25.1 Å². The molecule has 0 fully saturated rings. The van der Waals surface area contributed by atoms with Gasteiger partial charge in [0.1, 0.15) is 23.1 Å². The summed E-state index contributed by atoms with van der Waals surface area (Å²) in [4.78, 5) is 0. The fourth-order valence-corrected chi connectivity index (χ4v) is 1.85. The Labute approximate surface area is 106 Å². The molecule has 0 aliphatic rings. The molecule has 1 aromatic carbocycles. The molecule has 0 saturated heterocycles. The lowest BCUT2D eigenvalue weighted by atomic mass is 10.2. The third kappa shape index (κ3) is 2.51. The number of anilines is 1. The zero-order chi connectivity index (χ0) is 11.5. The molecular weight excluding hydrogens is 290 g/mol. The molecule has 0 bridgehead atoms. The number of halogens is 1. The summed E-state index contributed by atoms with van der Waals surface area (Å²) in [5.41, 5.74) is 7.48. The van der Waals surface area contributed by atoms with Crippen LogP contribution in [0.25, 0.3) is 0 Å². The molecule has 0 amide bonds. The van der Waals surface area contributed by atoms with Gasteiger partial charge in [0, 0.05) is 16.0 Å². The number of hydrogen-bond acceptors (Lipinski definition) is 5. The van der Waals surface area contributed by atoms with Crippen LogP contribution in [-0.4, -0.2) is 9.59 Å². The van der Waals surface area contributed by atoms with Gasteiger partial charge in [0.2, 0.25) is 0 Å². The van der Waals surface area contributed by atoms with Crippen LogP contribution in [0.5, 0.6) is 5.75 Å². The van der Waals surface area contributed by atoms with Crippen LogP contribution >= 0.6 is 27.5 Å². The SMILES string of the molecule is Cc1cc(OCc2nnsc2N)ccc1Br. The molecule has 1 aromatic heterocycles. The van der Waals surface area contributed by atoms with E-state index >= 15 is 0 Å². The maximum atomic E-state index is 5.66. The molecule has 0 spiro atoms. The summed E-state index contributed by atoms with van der Waals surface area (Å²) in [5, 5.41) is 4.49. The van der Waals surface area contributed by atoms with Gasteiger partial charge >= 0.3 is 0 Å². The van der Waals surface area contributed by atoms with E-state index < -0.39 is 0 Å². The Hall–Kier alpha value is -1.14. The maximum absolute atomic E-state index is 5.66. The minimum absolute atomic E-state index is 0.351. The molecule has 6 heteroatoms. The molecule has 2 rings (SSSR count). The van der Waals surface area contributed by atoms with E-state index in [-0.39, 0.29) is 0 Å². The van der Waals surface area contributed by atoms with E-state index in [0.717, 1.165) is 15.8 Å². The summed E-state index contributed by atoms with van der Waals surface area (Å²) in [6, 6.07) is 5.81. The van der Waals surface area contributed by atoms with Crippen molar-refractivity contribution in [2.45, 2.75) is 13.5 Å². The van der Waals surface area contributed by atoms with Gasteiger partial charge in [-0.3, -0.25) is 0 Å². The second-order valence-corrected chi connectivity index (χ2v) is 4.92. The van der Waals surface area contributed by atoms with Crippen LogP contribution < -0.4 is 10.5 Å². The van der Waals surface area contributed by atoms with Crippen LogP contribution in [0.15, 0.2) is 22.7 Å². The van der Waals surface area contributed by atoms with Gasteiger partial charge in [-0.1, -0.05) is 20.4 Å². The van der Waals surface area contributed by atoms with Crippen molar-refractivity contribution in [3.63, 3.8) is 0 Å². The topological polar surface area (TPSA) is 61.0 Å². The van der Waals surface area contributed by atoms with Gasteiger partial charge in [-0.15, -0.1) is 5.10 Å². The Morgan fingerprint density at radius 2 is 2.31 bits per heavy atom. The first-order chi connectivity index (χ1) is 7.66. The first-order valence-corrected chi connectivity index (χ1v) is 6.19. The van der Waals surface area contributed by atoms with E-state index in [0.29, 0.717) is 17.3 Å². The number of benzene rings is 1. The average molecular weight is 300 g/mol. The smallest absolute Gasteiger partial charge is 0.136 e. The Balaban J connectivity index is 2.05. The first-order valence-electron chi connectivity index (χ1n) is 4.62. The summed E-state index contributed by atoms with van der Waals surface area (Å²) in [6.45, 7) is 2.36. The monoisotopic (exact) mass is 299 g/mol. The van der Waals surface area contributed by atoms with Crippen LogP contribution in [0.1, 0.15) is 11.3 Å². The van der Waals surface area contributed by atoms with E-state index in [9.17, 15) is 0 Å². The van der Waals surface area contributed by atoms with E-state index in [1.165, 1.54) is 11.5 Å². The summed E-state index contributed by atoms with van der Waals surface area (Å²) in [6.07, 6.45) is 0. The number of aromatic nitrogens is 2. The summed E-state index contributed by atoms with van der Waals surface area (Å²) < 4.78 is 10.4. The lowest BCUT2D eigenvalue weighted by Crippen LogP contribution is -1.99. The van der Waals surface area contributed by atoms with Gasteiger partial charge in [-0.25, -0.2) is 0 Å². The van der Waals surface area contributed by atoms with Crippen molar-refractivity contribution in [3.05, 3.63) is 33.9 Å². The predicted octanol–water partition coefficient (Wildman–Crippen LogP) is 2.77. The van der Waals surface area contributed by atoms with Crippen LogP contribution in [0.2, 0.25) is 0 Å². The molecule has 4 nitrogen and oxygen atoms in total. The molecule has 0 radical (unpaired) electrons. The molecule has 0 atom stereocenters. The Morgan fingerprint density at radius 1 is 1.50 bits per heavy atom. The van der Waals surface area contributed by atoms with Crippen LogP contribution in [0, 0.1) is 6.92 Å². The Morgan fingerprint density at radius 3 is 2.94 bits per heavy atom. The molecule has 2 N–H and O–H groups in total. The zero-order valence-corrected chi connectivity index (χ0v) is 11.0. The molecule has 16 heavy (non-hydrogen) atoms. The molecule has 84 valence electrons. The lowest BCUT2D eigenvalue weighted by molar-refractivity contribution is 0.301. The summed E-state index contributed by atoms with van der Waals surface area (Å²) in [5.74, 6) is 0.799. The molecule has 0 saturated carbocycles. The molecular formula is C10H10BrN3OS. The van der Waals surface area contributed by atoms with Crippen molar-refractivity contribution in [2.24, 2.45) is 0 Å². The second kappa shape index (κ2) is 4.80. The van der Waals surface area contributed by atoms with Gasteiger partial charge in [0.05, 0.1) is 0 Å². The third-order valence-electron chi connectivity index (χ3n) is 2.09. The number of nitrogens with two attached hydrogens (primary N) is 1. The number of rotatable bonds is 3. The average Bonchev–Trinajstić information content (AvgIpc) is 2.66. The number of nitrogens with zero attached hydrogens (tertiary/aromatic N) is 2. The number of ether oxygens (including phenoxy) is 1. The highest BCUT2D eigenvalue weighted by molar-refractivity contribution is 9.10. The number of nitrogen functional groups attached to an aromatic ring is 1. The van der Waals surface area contributed by atoms with Crippen molar-refractivity contribution in [1.82, 2.24) is 9.59 Å². The van der Waals surface area contributed by atoms with Gasteiger partial charge in [-0.2, -0.15) is 0 Å². The molecule has 2 aromatic rings. The van der Waals surface area contributed by atoms with Gasteiger partial charge in [0.15, 0.2) is 0 Å². The van der Waals surface area contributed by atoms with Gasteiger partial charge in [0.25, 0.3) is 0 Å². The van der Waals surface area contributed by atoms with Crippen molar-refractivity contribution in [2.75, 3.05) is 5.73 Å². The normalized spacial score (nSPS) is 10.4. The summed E-state index contributed by atoms with van der Waals surface area (Å²) >= 11 is 4.61. The molecule has 0 aliphatic carbocycles. The van der Waals surface area contributed by atoms with Crippen LogP contribution in [0.4, 0.5) is 5.00 Å². The quantitative estimate of drug-likeness (QED) is 0.947. The highest BCUT2D eigenvalue weighted by atomic mass is 79.9. The second-order valence-electron chi connectivity index (χ2n) is 3.28. The highest BCUT2D eigenvalue weighted by Crippen LogP contribution is 2.23. The standard InChI is InChI=1S/C10H10BrN3OS/c1-6-4-7(2-3-8(6)11)15-5-9-10(12)16-14-13-9/h2-4H,5,12H2,1H3.